The molecular weight excluding hydrogens is 386 g/mol. The fraction of sp³-hybridized carbons (Fsp3) is 0.227. The van der Waals surface area contributed by atoms with Gasteiger partial charge in [-0.05, 0) is 24.5 Å². The molecule has 3 rings (SSSR count). The number of anilines is 1. The third kappa shape index (κ3) is 6.43. The first kappa shape index (κ1) is 20.5. The average molecular weight is 410 g/mol. The van der Waals surface area contributed by atoms with Crippen molar-refractivity contribution in [3.8, 4) is 0 Å². The number of hydrogen-bond donors (Lipinski definition) is 2. The van der Waals surface area contributed by atoms with Crippen LogP contribution in [0.25, 0.3) is 0 Å². The lowest BCUT2D eigenvalue weighted by Gasteiger charge is -2.12. The predicted octanol–water partition coefficient (Wildman–Crippen LogP) is 3.66. The highest BCUT2D eigenvalue weighted by Gasteiger charge is 2.20. The molecule has 2 aromatic carbocycles. The van der Waals surface area contributed by atoms with Crippen LogP contribution in [0.2, 0.25) is 0 Å². The van der Waals surface area contributed by atoms with Crippen molar-refractivity contribution in [2.24, 2.45) is 0 Å². The topological polar surface area (TPSA) is 80.3 Å². The summed E-state index contributed by atoms with van der Waals surface area (Å²) in [5.41, 5.74) is 2.44. The SMILES string of the molecule is CC(OC(=O)c1csc(NCc2ccccc2)n1)C(=O)NCCc1ccccc1. The number of carbonyl (C=O) groups is 2. The van der Waals surface area contributed by atoms with Crippen LogP contribution in [0.5, 0.6) is 0 Å². The van der Waals surface area contributed by atoms with Crippen LogP contribution in [0.4, 0.5) is 5.13 Å². The molecule has 0 saturated carbocycles. The minimum absolute atomic E-state index is 0.189. The third-order valence-corrected chi connectivity index (χ3v) is 5.01. The molecule has 29 heavy (non-hydrogen) atoms. The molecule has 3 aromatic rings. The van der Waals surface area contributed by atoms with Gasteiger partial charge in [0.2, 0.25) is 0 Å². The smallest absolute Gasteiger partial charge is 0.358 e. The fourth-order valence-corrected chi connectivity index (χ4v) is 3.29. The molecule has 6 nitrogen and oxygen atoms in total. The summed E-state index contributed by atoms with van der Waals surface area (Å²) in [6, 6.07) is 19.8. The lowest BCUT2D eigenvalue weighted by Crippen LogP contribution is -2.37. The molecule has 0 aliphatic heterocycles. The van der Waals surface area contributed by atoms with Gasteiger partial charge in [0, 0.05) is 18.5 Å². The van der Waals surface area contributed by atoms with Gasteiger partial charge in [-0.2, -0.15) is 0 Å². The second-order valence-electron chi connectivity index (χ2n) is 6.45. The van der Waals surface area contributed by atoms with E-state index in [0.717, 1.165) is 17.5 Å². The third-order valence-electron chi connectivity index (χ3n) is 4.21. The highest BCUT2D eigenvalue weighted by atomic mass is 32.1. The van der Waals surface area contributed by atoms with Crippen molar-refractivity contribution in [3.63, 3.8) is 0 Å². The number of ether oxygens (including phenoxy) is 1. The van der Waals surface area contributed by atoms with Crippen LogP contribution in [-0.4, -0.2) is 29.5 Å². The van der Waals surface area contributed by atoms with Gasteiger partial charge in [-0.15, -0.1) is 11.3 Å². The van der Waals surface area contributed by atoms with Crippen LogP contribution in [0.1, 0.15) is 28.5 Å². The number of nitrogens with zero attached hydrogens (tertiary/aromatic N) is 1. The number of thiazole rings is 1. The number of aromatic nitrogens is 1. The molecule has 1 atom stereocenters. The van der Waals surface area contributed by atoms with Gasteiger partial charge < -0.3 is 15.4 Å². The molecule has 150 valence electrons. The average Bonchev–Trinajstić information content (AvgIpc) is 3.23. The minimum atomic E-state index is -0.888. The Labute approximate surface area is 173 Å². The molecule has 0 aliphatic carbocycles. The Hall–Kier alpha value is -3.19. The first-order chi connectivity index (χ1) is 14.1. The van der Waals surface area contributed by atoms with E-state index in [2.05, 4.69) is 15.6 Å². The van der Waals surface area contributed by atoms with Crippen LogP contribution in [-0.2, 0) is 22.5 Å². The van der Waals surface area contributed by atoms with Crippen LogP contribution < -0.4 is 10.6 Å². The summed E-state index contributed by atoms with van der Waals surface area (Å²) in [7, 11) is 0. The lowest BCUT2D eigenvalue weighted by atomic mass is 10.1. The zero-order valence-electron chi connectivity index (χ0n) is 16.1. The molecule has 1 aromatic heterocycles. The maximum absolute atomic E-state index is 12.3. The number of esters is 1. The largest absolute Gasteiger partial charge is 0.448 e. The molecule has 7 heteroatoms. The van der Waals surface area contributed by atoms with E-state index >= 15 is 0 Å². The van der Waals surface area contributed by atoms with E-state index in [1.165, 1.54) is 11.3 Å². The molecule has 0 spiro atoms. The molecule has 0 aliphatic rings. The van der Waals surface area contributed by atoms with Gasteiger partial charge in [-0.1, -0.05) is 60.7 Å². The number of rotatable bonds is 9. The summed E-state index contributed by atoms with van der Waals surface area (Å²) in [6.45, 7) is 2.65. The Kier molecular flexibility index (Phi) is 7.35. The maximum atomic E-state index is 12.3. The second-order valence-corrected chi connectivity index (χ2v) is 7.31. The molecule has 0 saturated heterocycles. The van der Waals surface area contributed by atoms with E-state index in [9.17, 15) is 9.59 Å². The molecule has 1 unspecified atom stereocenters. The minimum Gasteiger partial charge on any atom is -0.448 e. The van der Waals surface area contributed by atoms with Crippen molar-refractivity contribution < 1.29 is 14.3 Å². The maximum Gasteiger partial charge on any atom is 0.358 e. The monoisotopic (exact) mass is 409 g/mol. The Morgan fingerprint density at radius 1 is 1.03 bits per heavy atom. The Balaban J connectivity index is 1.43. The first-order valence-electron chi connectivity index (χ1n) is 9.38. The first-order valence-corrected chi connectivity index (χ1v) is 10.3. The summed E-state index contributed by atoms with van der Waals surface area (Å²) >= 11 is 1.32. The van der Waals surface area contributed by atoms with E-state index in [1.807, 2.05) is 60.7 Å². The zero-order chi connectivity index (χ0) is 20.5. The number of hydrogen-bond acceptors (Lipinski definition) is 6. The van der Waals surface area contributed by atoms with Crippen molar-refractivity contribution >= 4 is 28.3 Å². The standard InChI is InChI=1S/C22H23N3O3S/c1-16(20(26)23-13-12-17-8-4-2-5-9-17)28-21(27)19-15-29-22(25-19)24-14-18-10-6-3-7-11-18/h2-11,15-16H,12-14H2,1H3,(H,23,26)(H,24,25). The van der Waals surface area contributed by atoms with Gasteiger partial charge >= 0.3 is 5.97 Å². The van der Waals surface area contributed by atoms with Crippen LogP contribution in [0.3, 0.4) is 0 Å². The van der Waals surface area contributed by atoms with Crippen LogP contribution in [0, 0.1) is 0 Å². The van der Waals surface area contributed by atoms with E-state index in [0.29, 0.717) is 18.2 Å². The predicted molar refractivity (Wildman–Crippen MR) is 114 cm³/mol. The molecule has 2 N–H and O–H groups in total. The number of carbonyl (C=O) groups excluding carboxylic acids is 2. The number of benzene rings is 2. The van der Waals surface area contributed by atoms with Gasteiger partial charge in [-0.3, -0.25) is 4.79 Å². The second kappa shape index (κ2) is 10.4. The Bertz CT molecular complexity index is 929. The van der Waals surface area contributed by atoms with Crippen molar-refractivity contribution in [2.75, 3.05) is 11.9 Å². The quantitative estimate of drug-likeness (QED) is 0.527. The molecule has 1 amide bonds. The van der Waals surface area contributed by atoms with E-state index in [1.54, 1.807) is 12.3 Å². The van der Waals surface area contributed by atoms with E-state index in [4.69, 9.17) is 4.74 Å². The van der Waals surface area contributed by atoms with Gasteiger partial charge in [0.25, 0.3) is 5.91 Å². The Morgan fingerprint density at radius 3 is 2.38 bits per heavy atom. The van der Waals surface area contributed by atoms with Crippen LogP contribution >= 0.6 is 11.3 Å². The van der Waals surface area contributed by atoms with Gasteiger partial charge in [0.05, 0.1) is 0 Å². The molecular formula is C22H23N3O3S. The normalized spacial score (nSPS) is 11.5. The molecule has 0 bridgehead atoms. The molecule has 0 fully saturated rings. The summed E-state index contributed by atoms with van der Waals surface area (Å²) in [4.78, 5) is 28.6. The lowest BCUT2D eigenvalue weighted by molar-refractivity contribution is -0.129. The van der Waals surface area contributed by atoms with Gasteiger partial charge in [0.1, 0.15) is 0 Å². The summed E-state index contributed by atoms with van der Waals surface area (Å²) in [6.07, 6.45) is -0.170. The highest BCUT2D eigenvalue weighted by Crippen LogP contribution is 2.17. The summed E-state index contributed by atoms with van der Waals surface area (Å²) in [5, 5.41) is 8.21. The summed E-state index contributed by atoms with van der Waals surface area (Å²) in [5.74, 6) is -0.938. The zero-order valence-corrected chi connectivity index (χ0v) is 16.9. The number of nitrogens with one attached hydrogen (secondary N) is 2. The van der Waals surface area contributed by atoms with Crippen molar-refractivity contribution in [1.82, 2.24) is 10.3 Å². The Morgan fingerprint density at radius 2 is 1.69 bits per heavy atom. The summed E-state index contributed by atoms with van der Waals surface area (Å²) < 4.78 is 5.24. The van der Waals surface area contributed by atoms with Crippen LogP contribution in [0.15, 0.2) is 66.0 Å². The fourth-order valence-electron chi connectivity index (χ4n) is 2.62. The van der Waals surface area contributed by atoms with E-state index in [-0.39, 0.29) is 11.6 Å². The number of amides is 1. The highest BCUT2D eigenvalue weighted by molar-refractivity contribution is 7.13. The van der Waals surface area contributed by atoms with Gasteiger partial charge in [0.15, 0.2) is 16.9 Å². The van der Waals surface area contributed by atoms with Gasteiger partial charge in [-0.25, -0.2) is 9.78 Å². The van der Waals surface area contributed by atoms with Crippen molar-refractivity contribution in [3.05, 3.63) is 82.9 Å². The van der Waals surface area contributed by atoms with Crippen molar-refractivity contribution in [1.29, 1.82) is 0 Å². The molecule has 1 heterocycles. The van der Waals surface area contributed by atoms with Crippen molar-refractivity contribution in [2.45, 2.75) is 26.0 Å². The molecule has 0 radical (unpaired) electrons. The van der Waals surface area contributed by atoms with E-state index < -0.39 is 12.1 Å².